The Balaban J connectivity index is 1.78. The van der Waals surface area contributed by atoms with Crippen LogP contribution < -0.4 is 5.32 Å². The summed E-state index contributed by atoms with van der Waals surface area (Å²) in [5.74, 6) is 1.85. The summed E-state index contributed by atoms with van der Waals surface area (Å²) in [6.45, 7) is 6.87. The number of nitrogens with one attached hydrogen (secondary N) is 1. The van der Waals surface area contributed by atoms with Gasteiger partial charge in [-0.1, -0.05) is 0 Å². The molecular formula is C13H23N3O. The minimum Gasteiger partial charge on any atom is -0.382 e. The second-order valence-electron chi connectivity index (χ2n) is 4.77. The first kappa shape index (κ1) is 12.4. The first-order chi connectivity index (χ1) is 8.31. The van der Waals surface area contributed by atoms with Crippen molar-refractivity contribution >= 4 is 5.95 Å². The molecule has 0 aromatic carbocycles. The minimum atomic E-state index is 0.544. The average Bonchev–Trinajstić information content (AvgIpc) is 3.09. The van der Waals surface area contributed by atoms with Crippen LogP contribution in [0.2, 0.25) is 0 Å². The first-order valence-electron chi connectivity index (χ1n) is 6.66. The normalized spacial score (nSPS) is 17.1. The lowest BCUT2D eigenvalue weighted by Crippen LogP contribution is -2.20. The van der Waals surface area contributed by atoms with Gasteiger partial charge in [0.2, 0.25) is 5.95 Å². The van der Waals surface area contributed by atoms with Crippen molar-refractivity contribution in [1.82, 2.24) is 9.55 Å². The van der Waals surface area contributed by atoms with Crippen LogP contribution in [-0.4, -0.2) is 28.8 Å². The third-order valence-electron chi connectivity index (χ3n) is 3.29. The molecule has 1 aromatic rings. The van der Waals surface area contributed by atoms with Crippen LogP contribution in [0.1, 0.15) is 33.1 Å². The summed E-state index contributed by atoms with van der Waals surface area (Å²) < 4.78 is 7.53. The summed E-state index contributed by atoms with van der Waals surface area (Å²) in [5, 5.41) is 3.50. The summed E-state index contributed by atoms with van der Waals surface area (Å²) >= 11 is 0. The van der Waals surface area contributed by atoms with Gasteiger partial charge in [-0.25, -0.2) is 4.98 Å². The highest BCUT2D eigenvalue weighted by Crippen LogP contribution is 2.33. The molecular weight excluding hydrogens is 214 g/mol. The van der Waals surface area contributed by atoms with Gasteiger partial charge in [-0.15, -0.1) is 0 Å². The minimum absolute atomic E-state index is 0.544. The van der Waals surface area contributed by atoms with Gasteiger partial charge in [0.15, 0.2) is 0 Å². The van der Waals surface area contributed by atoms with Gasteiger partial charge in [0.1, 0.15) is 0 Å². The quantitative estimate of drug-likeness (QED) is 0.706. The van der Waals surface area contributed by atoms with Crippen molar-refractivity contribution in [3.8, 4) is 0 Å². The molecule has 1 saturated carbocycles. The maximum Gasteiger partial charge on any atom is 0.202 e. The highest BCUT2D eigenvalue weighted by atomic mass is 16.5. The van der Waals surface area contributed by atoms with Gasteiger partial charge in [-0.05, 0) is 39.0 Å². The number of aromatic nitrogens is 2. The van der Waals surface area contributed by atoms with E-state index < -0.39 is 0 Å². The summed E-state index contributed by atoms with van der Waals surface area (Å²) in [7, 11) is 0. The fourth-order valence-corrected chi connectivity index (χ4v) is 2.03. The molecule has 0 saturated heterocycles. The summed E-state index contributed by atoms with van der Waals surface area (Å²) in [6.07, 6.45) is 7.66. The molecule has 4 heteroatoms. The van der Waals surface area contributed by atoms with E-state index in [2.05, 4.69) is 21.8 Å². The Morgan fingerprint density at radius 2 is 2.41 bits per heavy atom. The second-order valence-corrected chi connectivity index (χ2v) is 4.77. The number of imidazole rings is 1. The highest BCUT2D eigenvalue weighted by molar-refractivity contribution is 5.28. The van der Waals surface area contributed by atoms with Crippen molar-refractivity contribution in [3.63, 3.8) is 0 Å². The van der Waals surface area contributed by atoms with Gasteiger partial charge in [0.05, 0.1) is 0 Å². The third kappa shape index (κ3) is 3.73. The van der Waals surface area contributed by atoms with E-state index in [1.807, 2.05) is 19.3 Å². The topological polar surface area (TPSA) is 39.1 Å². The van der Waals surface area contributed by atoms with E-state index in [0.717, 1.165) is 38.0 Å². The van der Waals surface area contributed by atoms with E-state index in [1.165, 1.54) is 12.8 Å². The van der Waals surface area contributed by atoms with E-state index in [4.69, 9.17) is 4.74 Å². The predicted molar refractivity (Wildman–Crippen MR) is 69.1 cm³/mol. The Bertz CT molecular complexity index is 333. The Hall–Kier alpha value is -1.03. The highest BCUT2D eigenvalue weighted by Gasteiger charge is 2.28. The largest absolute Gasteiger partial charge is 0.382 e. The molecule has 1 fully saturated rings. The molecule has 0 bridgehead atoms. The molecule has 1 aliphatic rings. The fourth-order valence-electron chi connectivity index (χ4n) is 2.03. The molecule has 0 radical (unpaired) electrons. The van der Waals surface area contributed by atoms with E-state index >= 15 is 0 Å². The molecule has 96 valence electrons. The van der Waals surface area contributed by atoms with Crippen LogP contribution >= 0.6 is 0 Å². The van der Waals surface area contributed by atoms with Crippen LogP contribution in [0.3, 0.4) is 0 Å². The number of hydrogen-bond donors (Lipinski definition) is 1. The van der Waals surface area contributed by atoms with E-state index in [1.54, 1.807) is 0 Å². The van der Waals surface area contributed by atoms with Crippen molar-refractivity contribution < 1.29 is 4.74 Å². The SMILES string of the molecule is CCOCCCn1ccnc1NC(C)C1CC1. The lowest BCUT2D eigenvalue weighted by atomic mass is 10.2. The molecule has 1 aromatic heterocycles. The van der Waals surface area contributed by atoms with Crippen LogP contribution in [0.15, 0.2) is 12.4 Å². The standard InChI is InChI=1S/C13H23N3O/c1-3-17-10-4-8-16-9-7-14-13(16)15-11(2)12-5-6-12/h7,9,11-12H,3-6,8,10H2,1-2H3,(H,14,15). The van der Waals surface area contributed by atoms with E-state index in [9.17, 15) is 0 Å². The smallest absolute Gasteiger partial charge is 0.202 e. The van der Waals surface area contributed by atoms with Crippen molar-refractivity contribution in [2.75, 3.05) is 18.5 Å². The van der Waals surface area contributed by atoms with Gasteiger partial charge in [0, 0.05) is 38.2 Å². The predicted octanol–water partition coefficient (Wildman–Crippen LogP) is 2.52. The third-order valence-corrected chi connectivity index (χ3v) is 3.29. The number of nitrogens with zero attached hydrogens (tertiary/aromatic N) is 2. The lowest BCUT2D eigenvalue weighted by molar-refractivity contribution is 0.142. The molecule has 0 amide bonds. The Morgan fingerprint density at radius 3 is 3.12 bits per heavy atom. The monoisotopic (exact) mass is 237 g/mol. The van der Waals surface area contributed by atoms with Gasteiger partial charge >= 0.3 is 0 Å². The van der Waals surface area contributed by atoms with Crippen LogP contribution in [0.5, 0.6) is 0 Å². The molecule has 17 heavy (non-hydrogen) atoms. The number of anilines is 1. The molecule has 1 N–H and O–H groups in total. The molecule has 1 atom stereocenters. The zero-order valence-corrected chi connectivity index (χ0v) is 10.9. The zero-order chi connectivity index (χ0) is 12.1. The van der Waals surface area contributed by atoms with E-state index in [-0.39, 0.29) is 0 Å². The van der Waals surface area contributed by atoms with Gasteiger partial charge in [-0.2, -0.15) is 0 Å². The Kier molecular flexibility index (Phi) is 4.42. The molecule has 2 rings (SSSR count). The lowest BCUT2D eigenvalue weighted by Gasteiger charge is -2.15. The zero-order valence-electron chi connectivity index (χ0n) is 10.9. The fraction of sp³-hybridized carbons (Fsp3) is 0.769. The summed E-state index contributed by atoms with van der Waals surface area (Å²) in [4.78, 5) is 4.38. The van der Waals surface area contributed by atoms with Crippen molar-refractivity contribution in [2.45, 2.75) is 45.7 Å². The molecule has 0 aliphatic heterocycles. The van der Waals surface area contributed by atoms with Crippen molar-refractivity contribution in [2.24, 2.45) is 5.92 Å². The number of ether oxygens (including phenoxy) is 1. The molecule has 1 unspecified atom stereocenters. The Morgan fingerprint density at radius 1 is 1.59 bits per heavy atom. The molecule has 4 nitrogen and oxygen atoms in total. The van der Waals surface area contributed by atoms with Gasteiger partial charge < -0.3 is 14.6 Å². The Labute approximate surface area is 103 Å². The number of hydrogen-bond acceptors (Lipinski definition) is 3. The molecule has 1 aliphatic carbocycles. The average molecular weight is 237 g/mol. The maximum absolute atomic E-state index is 5.35. The maximum atomic E-state index is 5.35. The molecule has 1 heterocycles. The second kappa shape index (κ2) is 6.05. The summed E-state index contributed by atoms with van der Waals surface area (Å²) in [5.41, 5.74) is 0. The van der Waals surface area contributed by atoms with Crippen LogP contribution in [-0.2, 0) is 11.3 Å². The van der Waals surface area contributed by atoms with Crippen molar-refractivity contribution in [1.29, 1.82) is 0 Å². The van der Waals surface area contributed by atoms with E-state index in [0.29, 0.717) is 6.04 Å². The molecule has 0 spiro atoms. The van der Waals surface area contributed by atoms with Crippen LogP contribution in [0.25, 0.3) is 0 Å². The van der Waals surface area contributed by atoms with Crippen LogP contribution in [0.4, 0.5) is 5.95 Å². The van der Waals surface area contributed by atoms with Crippen LogP contribution in [0, 0.1) is 5.92 Å². The van der Waals surface area contributed by atoms with Crippen molar-refractivity contribution in [3.05, 3.63) is 12.4 Å². The first-order valence-corrected chi connectivity index (χ1v) is 6.66. The number of rotatable bonds is 8. The summed E-state index contributed by atoms with van der Waals surface area (Å²) in [6, 6.07) is 0.544. The number of aryl methyl sites for hydroxylation is 1. The van der Waals surface area contributed by atoms with Gasteiger partial charge in [-0.3, -0.25) is 0 Å². The van der Waals surface area contributed by atoms with Gasteiger partial charge in [0.25, 0.3) is 0 Å².